The van der Waals surface area contributed by atoms with Gasteiger partial charge in [-0.1, -0.05) is 80.4 Å². The van der Waals surface area contributed by atoms with E-state index in [0.29, 0.717) is 29.5 Å². The van der Waals surface area contributed by atoms with Crippen molar-refractivity contribution < 1.29 is 13.2 Å². The van der Waals surface area contributed by atoms with Gasteiger partial charge in [-0.2, -0.15) is 0 Å². The van der Waals surface area contributed by atoms with Crippen molar-refractivity contribution in [1.82, 2.24) is 15.0 Å². The lowest BCUT2D eigenvalue weighted by Gasteiger charge is -2.27. The summed E-state index contributed by atoms with van der Waals surface area (Å²) in [5.41, 5.74) is 3.91. The van der Waals surface area contributed by atoms with E-state index in [4.69, 9.17) is 9.72 Å². The summed E-state index contributed by atoms with van der Waals surface area (Å²) >= 11 is 0. The number of ether oxygens (including phenoxy) is 1. The van der Waals surface area contributed by atoms with Crippen molar-refractivity contribution in [3.05, 3.63) is 108 Å². The Morgan fingerprint density at radius 2 is 1.72 bits per heavy atom. The maximum atomic E-state index is 13.2. The second-order valence-electron chi connectivity index (χ2n) is 11.6. The summed E-state index contributed by atoms with van der Waals surface area (Å²) in [6.45, 7) is 4.28. The van der Waals surface area contributed by atoms with E-state index >= 15 is 0 Å². The Morgan fingerprint density at radius 1 is 0.860 bits per heavy atom. The molecule has 1 aliphatic rings. The Bertz CT molecular complexity index is 1840. The Labute approximate surface area is 253 Å². The first kappa shape index (κ1) is 28.8. The van der Waals surface area contributed by atoms with Gasteiger partial charge >= 0.3 is 0 Å². The van der Waals surface area contributed by atoms with Gasteiger partial charge in [0.25, 0.3) is 0 Å². The Kier molecular flexibility index (Phi) is 8.38. The zero-order valence-electron chi connectivity index (χ0n) is 24.5. The fraction of sp³-hybridized carbons (Fsp3) is 0.286. The molecule has 0 spiro atoms. The van der Waals surface area contributed by atoms with Crippen LogP contribution in [0, 0.1) is 12.8 Å². The molecule has 0 saturated heterocycles. The van der Waals surface area contributed by atoms with Crippen LogP contribution in [0.2, 0.25) is 0 Å². The second kappa shape index (κ2) is 12.5. The third-order valence-electron chi connectivity index (χ3n) is 8.08. The van der Waals surface area contributed by atoms with E-state index in [9.17, 15) is 8.42 Å². The van der Waals surface area contributed by atoms with Gasteiger partial charge in [-0.25, -0.2) is 23.4 Å². The van der Waals surface area contributed by atoms with E-state index in [1.807, 2.05) is 85.8 Å². The first-order valence-corrected chi connectivity index (χ1v) is 16.6. The molecule has 0 aliphatic heterocycles. The van der Waals surface area contributed by atoms with E-state index in [0.717, 1.165) is 51.6 Å². The molecule has 2 atom stereocenters. The zero-order valence-corrected chi connectivity index (χ0v) is 25.3. The monoisotopic (exact) mass is 592 g/mol. The normalized spacial score (nSPS) is 17.1. The minimum absolute atomic E-state index is 0.00765. The molecule has 1 fully saturated rings. The fourth-order valence-electron chi connectivity index (χ4n) is 5.97. The lowest BCUT2D eigenvalue weighted by atomic mass is 9.87. The molecule has 220 valence electrons. The van der Waals surface area contributed by atoms with Crippen LogP contribution < -0.4 is 10.1 Å². The first-order chi connectivity index (χ1) is 20.8. The molecule has 1 N–H and O–H groups in total. The van der Waals surface area contributed by atoms with Gasteiger partial charge < -0.3 is 10.1 Å². The SMILES string of the molecule is Cc1ccc2c(CS(=O)(=O)Cc3ccccc3)cccc2c1Oc1ncccc1-c1ccnc(N[C@@H]2CCC[C@H](C)C2)n1. The summed E-state index contributed by atoms with van der Waals surface area (Å²) in [7, 11) is -3.40. The van der Waals surface area contributed by atoms with Gasteiger partial charge in [0, 0.05) is 23.8 Å². The largest absolute Gasteiger partial charge is 0.437 e. The van der Waals surface area contributed by atoms with Crippen LogP contribution >= 0.6 is 0 Å². The van der Waals surface area contributed by atoms with Crippen LogP contribution in [0.1, 0.15) is 49.3 Å². The molecule has 0 unspecified atom stereocenters. The summed E-state index contributed by atoms with van der Waals surface area (Å²) in [6.07, 6.45) is 8.18. The summed E-state index contributed by atoms with van der Waals surface area (Å²) < 4.78 is 32.9. The molecular weight excluding hydrogens is 556 g/mol. The number of rotatable bonds is 9. The molecule has 0 amide bonds. The highest BCUT2D eigenvalue weighted by atomic mass is 32.2. The minimum Gasteiger partial charge on any atom is -0.437 e. The summed E-state index contributed by atoms with van der Waals surface area (Å²) in [5, 5.41) is 5.21. The number of hydrogen-bond donors (Lipinski definition) is 1. The predicted molar refractivity (Wildman–Crippen MR) is 172 cm³/mol. The lowest BCUT2D eigenvalue weighted by molar-refractivity contribution is 0.357. The van der Waals surface area contributed by atoms with Crippen molar-refractivity contribution in [3.8, 4) is 22.9 Å². The topological polar surface area (TPSA) is 94.1 Å². The molecule has 2 aromatic heterocycles. The summed E-state index contributed by atoms with van der Waals surface area (Å²) in [5.74, 6) is 2.30. The van der Waals surface area contributed by atoms with Gasteiger partial charge in [0.2, 0.25) is 11.8 Å². The quantitative estimate of drug-likeness (QED) is 0.186. The van der Waals surface area contributed by atoms with E-state index in [2.05, 4.69) is 22.2 Å². The van der Waals surface area contributed by atoms with Crippen LogP contribution in [0.4, 0.5) is 5.95 Å². The van der Waals surface area contributed by atoms with E-state index in [1.54, 1.807) is 12.4 Å². The first-order valence-electron chi connectivity index (χ1n) is 14.8. The Morgan fingerprint density at radius 3 is 2.56 bits per heavy atom. The van der Waals surface area contributed by atoms with Crippen LogP contribution in [0.25, 0.3) is 22.0 Å². The van der Waals surface area contributed by atoms with Gasteiger partial charge in [0.15, 0.2) is 9.84 Å². The van der Waals surface area contributed by atoms with Crippen LogP contribution in [-0.2, 0) is 21.3 Å². The van der Waals surface area contributed by atoms with Crippen molar-refractivity contribution in [2.24, 2.45) is 5.92 Å². The third-order valence-corrected chi connectivity index (χ3v) is 9.60. The molecule has 1 aliphatic carbocycles. The molecule has 7 nitrogen and oxygen atoms in total. The molecule has 1 saturated carbocycles. The van der Waals surface area contributed by atoms with Crippen molar-refractivity contribution in [2.45, 2.75) is 57.1 Å². The van der Waals surface area contributed by atoms with Crippen LogP contribution in [0.15, 0.2) is 91.3 Å². The number of nitrogens with zero attached hydrogens (tertiary/aromatic N) is 3. The molecule has 0 bridgehead atoms. The molecule has 0 radical (unpaired) electrons. The van der Waals surface area contributed by atoms with Crippen molar-refractivity contribution in [3.63, 3.8) is 0 Å². The standard InChI is InChI=1S/C35H36N4O3S/c1-24-9-6-13-28(21-24)38-35-37-20-18-32(39-35)31-15-8-19-36-34(31)42-33-25(2)16-17-29-27(12-7-14-30(29)33)23-43(40,41)22-26-10-4-3-5-11-26/h3-5,7-8,10-12,14-20,24,28H,6,9,13,21-23H2,1-2H3,(H,37,38,39)/t24-,28+/m0/s1. The Hall–Kier alpha value is -4.30. The number of fused-ring (bicyclic) bond motifs is 1. The van der Waals surface area contributed by atoms with Gasteiger partial charge in [-0.05, 0) is 66.0 Å². The maximum absolute atomic E-state index is 13.2. The van der Waals surface area contributed by atoms with E-state index in [-0.39, 0.29) is 11.5 Å². The van der Waals surface area contributed by atoms with Gasteiger partial charge in [-0.3, -0.25) is 0 Å². The minimum atomic E-state index is -3.40. The molecular formula is C35H36N4O3S. The predicted octanol–water partition coefficient (Wildman–Crippen LogP) is 7.90. The number of sulfone groups is 1. The van der Waals surface area contributed by atoms with Gasteiger partial charge in [-0.15, -0.1) is 0 Å². The second-order valence-corrected chi connectivity index (χ2v) is 13.6. The number of aryl methyl sites for hydroxylation is 1. The Balaban J connectivity index is 1.30. The van der Waals surface area contributed by atoms with Crippen LogP contribution in [0.5, 0.6) is 11.6 Å². The number of benzene rings is 3. The lowest BCUT2D eigenvalue weighted by Crippen LogP contribution is -2.27. The summed E-state index contributed by atoms with van der Waals surface area (Å²) in [4.78, 5) is 13.9. The molecule has 3 aromatic carbocycles. The van der Waals surface area contributed by atoms with Crippen LogP contribution in [0.3, 0.4) is 0 Å². The van der Waals surface area contributed by atoms with Crippen molar-refractivity contribution in [1.29, 1.82) is 0 Å². The van der Waals surface area contributed by atoms with Crippen LogP contribution in [-0.4, -0.2) is 29.4 Å². The fourth-order valence-corrected chi connectivity index (χ4v) is 7.50. The maximum Gasteiger partial charge on any atom is 0.228 e. The smallest absolute Gasteiger partial charge is 0.228 e. The highest BCUT2D eigenvalue weighted by Crippen LogP contribution is 2.38. The number of pyridine rings is 1. The van der Waals surface area contributed by atoms with Gasteiger partial charge in [0.1, 0.15) is 5.75 Å². The highest BCUT2D eigenvalue weighted by molar-refractivity contribution is 7.89. The molecule has 8 heteroatoms. The number of anilines is 1. The zero-order chi connectivity index (χ0) is 29.8. The van der Waals surface area contributed by atoms with E-state index in [1.165, 1.54) is 12.8 Å². The van der Waals surface area contributed by atoms with Crippen molar-refractivity contribution >= 4 is 26.6 Å². The highest BCUT2D eigenvalue weighted by Gasteiger charge is 2.21. The molecule has 5 aromatic rings. The average Bonchev–Trinajstić information content (AvgIpc) is 2.99. The molecule has 6 rings (SSSR count). The molecule has 43 heavy (non-hydrogen) atoms. The molecule has 2 heterocycles. The number of aromatic nitrogens is 3. The van der Waals surface area contributed by atoms with Gasteiger partial charge in [0.05, 0.1) is 22.8 Å². The summed E-state index contributed by atoms with van der Waals surface area (Å²) in [6, 6.07) is 25.0. The van der Waals surface area contributed by atoms with Crippen molar-refractivity contribution in [2.75, 3.05) is 5.32 Å². The average molecular weight is 593 g/mol. The van der Waals surface area contributed by atoms with E-state index < -0.39 is 9.84 Å². The third kappa shape index (κ3) is 6.86. The number of hydrogen-bond acceptors (Lipinski definition) is 7. The number of nitrogens with one attached hydrogen (secondary N) is 1.